The molecule has 0 spiro atoms. The Morgan fingerprint density at radius 1 is 1.47 bits per heavy atom. The van der Waals surface area contributed by atoms with Crippen LogP contribution in [0.3, 0.4) is 0 Å². The molecule has 0 heterocycles. The Hall–Kier alpha value is -0.700. The fraction of sp³-hybridized carbons (Fsp3) is 0.889. The van der Waals surface area contributed by atoms with Crippen LogP contribution in [-0.2, 0) is 14.9 Å². The summed E-state index contributed by atoms with van der Waals surface area (Å²) in [4.78, 5) is 0. The Morgan fingerprint density at radius 2 is 2.06 bits per heavy atom. The van der Waals surface area contributed by atoms with E-state index in [1.165, 1.54) is 7.11 Å². The molecule has 0 unspecified atom stereocenters. The van der Waals surface area contributed by atoms with Gasteiger partial charge in [0, 0.05) is 13.7 Å². The molecule has 7 nitrogen and oxygen atoms in total. The van der Waals surface area contributed by atoms with Gasteiger partial charge in [-0.25, -0.2) is 0 Å². The molecule has 1 fully saturated rings. The van der Waals surface area contributed by atoms with E-state index < -0.39 is 15.7 Å². The molecule has 0 aromatic heterocycles. The van der Waals surface area contributed by atoms with Gasteiger partial charge in [0.2, 0.25) is 0 Å². The molecule has 1 aliphatic carbocycles. The predicted octanol–water partition coefficient (Wildman–Crippen LogP) is -0.694. The van der Waals surface area contributed by atoms with Crippen molar-refractivity contribution in [1.29, 1.82) is 5.41 Å². The first-order chi connectivity index (χ1) is 7.92. The van der Waals surface area contributed by atoms with E-state index in [9.17, 15) is 8.42 Å². The summed E-state index contributed by atoms with van der Waals surface area (Å²) >= 11 is 0. The van der Waals surface area contributed by atoms with E-state index in [0.717, 1.165) is 12.8 Å². The summed E-state index contributed by atoms with van der Waals surface area (Å²) < 4.78 is 33.1. The van der Waals surface area contributed by atoms with Gasteiger partial charge in [0.05, 0.1) is 12.1 Å². The van der Waals surface area contributed by atoms with Crippen molar-refractivity contribution in [3.05, 3.63) is 0 Å². The topological polar surface area (TPSA) is 117 Å². The fourth-order valence-electron chi connectivity index (χ4n) is 1.98. The summed E-state index contributed by atoms with van der Waals surface area (Å²) in [6, 6.07) is 0. The number of hydrogen-bond donors (Lipinski definition) is 4. The Balaban J connectivity index is 2.64. The molecule has 0 aliphatic heterocycles. The summed E-state index contributed by atoms with van der Waals surface area (Å²) in [5, 5.41) is 7.53. The molecule has 5 N–H and O–H groups in total. The van der Waals surface area contributed by atoms with Crippen molar-refractivity contribution in [2.75, 3.05) is 20.3 Å². The van der Waals surface area contributed by atoms with E-state index >= 15 is 0 Å². The van der Waals surface area contributed by atoms with Crippen LogP contribution in [0.15, 0.2) is 0 Å². The maximum atomic E-state index is 11.7. The quantitative estimate of drug-likeness (QED) is 0.276. The van der Waals surface area contributed by atoms with Gasteiger partial charge in [0.1, 0.15) is 5.84 Å². The van der Waals surface area contributed by atoms with E-state index in [1.54, 1.807) is 0 Å². The lowest BCUT2D eigenvalue weighted by Gasteiger charge is -2.28. The molecule has 0 bridgehead atoms. The third kappa shape index (κ3) is 3.91. The van der Waals surface area contributed by atoms with Crippen LogP contribution in [-0.4, -0.2) is 40.1 Å². The average Bonchev–Trinajstić information content (AvgIpc) is 2.67. The third-order valence-electron chi connectivity index (χ3n) is 2.90. The van der Waals surface area contributed by atoms with E-state index in [-0.39, 0.29) is 12.4 Å². The van der Waals surface area contributed by atoms with Crippen LogP contribution in [0.2, 0.25) is 0 Å². The van der Waals surface area contributed by atoms with E-state index in [2.05, 4.69) is 9.44 Å². The Kier molecular flexibility index (Phi) is 4.87. The van der Waals surface area contributed by atoms with E-state index in [4.69, 9.17) is 15.9 Å². The number of ether oxygens (including phenoxy) is 1. The highest BCUT2D eigenvalue weighted by Gasteiger charge is 2.40. The zero-order valence-corrected chi connectivity index (χ0v) is 10.8. The zero-order chi connectivity index (χ0) is 12.9. The first-order valence-electron chi connectivity index (χ1n) is 5.54. The van der Waals surface area contributed by atoms with Crippen LogP contribution in [0, 0.1) is 5.41 Å². The fourth-order valence-corrected chi connectivity index (χ4v) is 3.23. The van der Waals surface area contributed by atoms with Gasteiger partial charge in [0.25, 0.3) is 10.2 Å². The van der Waals surface area contributed by atoms with Crippen molar-refractivity contribution >= 4 is 16.0 Å². The van der Waals surface area contributed by atoms with Gasteiger partial charge in [-0.1, -0.05) is 12.8 Å². The minimum Gasteiger partial charge on any atom is -0.386 e. The molecule has 100 valence electrons. The first-order valence-corrected chi connectivity index (χ1v) is 7.02. The van der Waals surface area contributed by atoms with Crippen molar-refractivity contribution in [3.8, 4) is 0 Å². The van der Waals surface area contributed by atoms with Crippen molar-refractivity contribution < 1.29 is 13.2 Å². The van der Waals surface area contributed by atoms with Crippen LogP contribution in [0.5, 0.6) is 0 Å². The van der Waals surface area contributed by atoms with E-state index in [1.807, 2.05) is 0 Å². The summed E-state index contributed by atoms with van der Waals surface area (Å²) in [7, 11) is -2.15. The van der Waals surface area contributed by atoms with Crippen LogP contribution in [0.4, 0.5) is 0 Å². The van der Waals surface area contributed by atoms with Crippen molar-refractivity contribution in [1.82, 2.24) is 9.44 Å². The van der Waals surface area contributed by atoms with Crippen molar-refractivity contribution in [3.63, 3.8) is 0 Å². The lowest BCUT2D eigenvalue weighted by molar-refractivity contribution is 0.204. The smallest absolute Gasteiger partial charge is 0.277 e. The number of rotatable bonds is 7. The number of amidine groups is 1. The summed E-state index contributed by atoms with van der Waals surface area (Å²) in [6.45, 7) is 0.494. The molecule has 0 aromatic carbocycles. The molecule has 1 aliphatic rings. The number of nitrogens with one attached hydrogen (secondary N) is 3. The second-order valence-electron chi connectivity index (χ2n) is 4.20. The van der Waals surface area contributed by atoms with Gasteiger partial charge in [0.15, 0.2) is 0 Å². The number of methoxy groups -OCH3 is 1. The van der Waals surface area contributed by atoms with Crippen LogP contribution < -0.4 is 15.2 Å². The third-order valence-corrected chi connectivity index (χ3v) is 4.14. The molecular weight excluding hydrogens is 244 g/mol. The van der Waals surface area contributed by atoms with Crippen LogP contribution >= 0.6 is 0 Å². The molecular formula is C9H20N4O3S. The Morgan fingerprint density at radius 3 is 2.53 bits per heavy atom. The van der Waals surface area contributed by atoms with Gasteiger partial charge in [-0.3, -0.25) is 5.41 Å². The minimum absolute atomic E-state index is 0.118. The lowest BCUT2D eigenvalue weighted by atomic mass is 9.98. The molecule has 0 saturated heterocycles. The molecule has 1 rings (SSSR count). The normalized spacial score (nSPS) is 19.4. The van der Waals surface area contributed by atoms with Crippen LogP contribution in [0.25, 0.3) is 0 Å². The Labute approximate surface area is 102 Å². The predicted molar refractivity (Wildman–Crippen MR) is 65.0 cm³/mol. The lowest BCUT2D eigenvalue weighted by Crippen LogP contribution is -2.58. The highest BCUT2D eigenvalue weighted by molar-refractivity contribution is 7.87. The standard InChI is InChI=1S/C9H20N4O3S/c1-16-7-6-12-17(14,15)13-9(8(10)11)4-2-3-5-9/h12-13H,2-7H2,1H3,(H3,10,11). The molecule has 0 radical (unpaired) electrons. The zero-order valence-electron chi connectivity index (χ0n) is 9.95. The van der Waals surface area contributed by atoms with Gasteiger partial charge in [-0.05, 0) is 12.8 Å². The highest BCUT2D eigenvalue weighted by atomic mass is 32.2. The average molecular weight is 264 g/mol. The van der Waals surface area contributed by atoms with Gasteiger partial charge >= 0.3 is 0 Å². The summed E-state index contributed by atoms with van der Waals surface area (Å²) in [6.07, 6.45) is 2.90. The molecule has 17 heavy (non-hydrogen) atoms. The van der Waals surface area contributed by atoms with Gasteiger partial charge in [-0.15, -0.1) is 0 Å². The number of nitrogens with two attached hydrogens (primary N) is 1. The van der Waals surface area contributed by atoms with Gasteiger partial charge in [-0.2, -0.15) is 17.9 Å². The molecule has 0 aromatic rings. The van der Waals surface area contributed by atoms with E-state index in [0.29, 0.717) is 19.4 Å². The summed E-state index contributed by atoms with van der Waals surface area (Å²) in [5.41, 5.74) is 4.59. The second kappa shape index (κ2) is 5.76. The highest BCUT2D eigenvalue weighted by Crippen LogP contribution is 2.29. The van der Waals surface area contributed by atoms with Crippen molar-refractivity contribution in [2.45, 2.75) is 31.2 Å². The molecule has 0 atom stereocenters. The maximum Gasteiger partial charge on any atom is 0.277 e. The first kappa shape index (κ1) is 14.4. The molecule has 0 amide bonds. The minimum atomic E-state index is -3.64. The Bertz CT molecular complexity index is 362. The second-order valence-corrected chi connectivity index (χ2v) is 5.70. The largest absolute Gasteiger partial charge is 0.386 e. The maximum absolute atomic E-state index is 11.7. The monoisotopic (exact) mass is 264 g/mol. The van der Waals surface area contributed by atoms with Crippen LogP contribution in [0.1, 0.15) is 25.7 Å². The molecule has 1 saturated carbocycles. The number of hydrogen-bond acceptors (Lipinski definition) is 4. The molecule has 8 heteroatoms. The van der Waals surface area contributed by atoms with Gasteiger partial charge < -0.3 is 10.5 Å². The van der Waals surface area contributed by atoms with Crippen molar-refractivity contribution in [2.24, 2.45) is 5.73 Å². The SMILES string of the molecule is COCCNS(=O)(=O)NC1(C(=N)N)CCCC1. The summed E-state index contributed by atoms with van der Waals surface area (Å²) in [5.74, 6) is -0.118.